The van der Waals surface area contributed by atoms with E-state index in [1.54, 1.807) is 85.8 Å². The van der Waals surface area contributed by atoms with Crippen LogP contribution < -0.4 is 9.64 Å². The lowest BCUT2D eigenvalue weighted by molar-refractivity contribution is -0.136. The van der Waals surface area contributed by atoms with Gasteiger partial charge in [0.1, 0.15) is 17.3 Å². The number of furan rings is 1. The largest absolute Gasteiger partial charge is 0.494 e. The first kappa shape index (κ1) is 31.8. The fourth-order valence-corrected chi connectivity index (χ4v) is 6.52. The molecule has 0 fully saturated rings. The van der Waals surface area contributed by atoms with E-state index in [9.17, 15) is 18.0 Å². The van der Waals surface area contributed by atoms with E-state index >= 15 is 0 Å². The van der Waals surface area contributed by atoms with Crippen LogP contribution in [0.2, 0.25) is 5.02 Å². The summed E-state index contributed by atoms with van der Waals surface area (Å²) in [4.78, 5) is 28.1. The number of allylic oxidation sites excluding steroid dienone is 1. The molecule has 0 spiro atoms. The Morgan fingerprint density at radius 3 is 2.29 bits per heavy atom. The number of benzene rings is 3. The van der Waals surface area contributed by atoms with Crippen LogP contribution in [0.3, 0.4) is 0 Å². The summed E-state index contributed by atoms with van der Waals surface area (Å²) in [6.45, 7) is 4.02. The number of sulfonamides is 1. The van der Waals surface area contributed by atoms with Crippen molar-refractivity contribution in [3.63, 3.8) is 0 Å². The van der Waals surface area contributed by atoms with Gasteiger partial charge in [-0.2, -0.15) is 4.31 Å². The van der Waals surface area contributed by atoms with Crippen LogP contribution in [0.4, 0.5) is 5.69 Å². The Bertz CT molecular complexity index is 1860. The van der Waals surface area contributed by atoms with Gasteiger partial charge in [-0.05, 0) is 86.2 Å². The van der Waals surface area contributed by atoms with Gasteiger partial charge in [0, 0.05) is 23.0 Å². The predicted octanol–water partition coefficient (Wildman–Crippen LogP) is 6.60. The van der Waals surface area contributed by atoms with E-state index in [-0.39, 0.29) is 34.9 Å². The Labute approximate surface area is 267 Å². The number of hydrogen-bond donors (Lipinski definition) is 0. The Hall–Kier alpha value is -4.64. The first-order chi connectivity index (χ1) is 21.6. The first-order valence-corrected chi connectivity index (χ1v) is 15.9. The normalized spacial score (nSPS) is 14.5. The number of esters is 1. The zero-order valence-corrected chi connectivity index (χ0v) is 26.5. The van der Waals surface area contributed by atoms with E-state index in [1.807, 2.05) is 6.92 Å². The van der Waals surface area contributed by atoms with Crippen LogP contribution in [0, 0.1) is 0 Å². The van der Waals surface area contributed by atoms with Gasteiger partial charge >= 0.3 is 5.97 Å². The maximum Gasteiger partial charge on any atom is 0.340 e. The summed E-state index contributed by atoms with van der Waals surface area (Å²) in [5, 5.41) is 0.540. The molecule has 45 heavy (non-hydrogen) atoms. The lowest BCUT2D eigenvalue weighted by atomic mass is 10.1. The Morgan fingerprint density at radius 2 is 1.64 bits per heavy atom. The van der Waals surface area contributed by atoms with Crippen LogP contribution in [0.1, 0.15) is 30.9 Å². The molecule has 5 rings (SSSR count). The molecule has 0 atom stereocenters. The SMILES string of the molecule is CCOc1ccc(N2C(=O)/C(=C\c3ccc(CN(Cc4ccc(Cl)cc4)S(=O)(=O)c4ccccc4)o3)C(C(=O)OC)=C2C)cc1. The molecule has 4 aromatic rings. The molecule has 9 nitrogen and oxygen atoms in total. The molecule has 0 aliphatic carbocycles. The number of ether oxygens (including phenoxy) is 2. The number of methoxy groups -OCH3 is 1. The highest BCUT2D eigenvalue weighted by molar-refractivity contribution is 7.89. The summed E-state index contributed by atoms with van der Waals surface area (Å²) >= 11 is 6.04. The summed E-state index contributed by atoms with van der Waals surface area (Å²) in [5.41, 5.74) is 1.88. The number of hydrogen-bond acceptors (Lipinski definition) is 7. The molecule has 0 N–H and O–H groups in total. The third-order valence-electron chi connectivity index (χ3n) is 7.15. The molecule has 1 aliphatic rings. The van der Waals surface area contributed by atoms with Gasteiger partial charge in [0.05, 0.1) is 36.3 Å². The second-order valence-electron chi connectivity index (χ2n) is 10.1. The molecular weight excluding hydrogens is 616 g/mol. The second-order valence-corrected chi connectivity index (χ2v) is 12.5. The fraction of sp³-hybridized carbons (Fsp3) is 0.176. The van der Waals surface area contributed by atoms with Crippen LogP contribution in [-0.2, 0) is 37.4 Å². The minimum atomic E-state index is -3.92. The highest BCUT2D eigenvalue weighted by Crippen LogP contribution is 2.36. The van der Waals surface area contributed by atoms with E-state index in [0.29, 0.717) is 34.5 Å². The maximum absolute atomic E-state index is 13.7. The number of halogens is 1. The molecule has 0 unspecified atom stereocenters. The van der Waals surface area contributed by atoms with Crippen molar-refractivity contribution in [2.24, 2.45) is 0 Å². The van der Waals surface area contributed by atoms with Gasteiger partial charge in [0.2, 0.25) is 10.0 Å². The molecule has 0 saturated carbocycles. The Morgan fingerprint density at radius 1 is 0.956 bits per heavy atom. The van der Waals surface area contributed by atoms with E-state index in [0.717, 1.165) is 5.56 Å². The van der Waals surface area contributed by atoms with Gasteiger partial charge < -0.3 is 13.9 Å². The maximum atomic E-state index is 13.7. The number of rotatable bonds is 11. The Kier molecular flexibility index (Phi) is 9.57. The van der Waals surface area contributed by atoms with Crippen molar-refractivity contribution in [2.75, 3.05) is 18.6 Å². The topological polar surface area (TPSA) is 106 Å². The van der Waals surface area contributed by atoms with Crippen molar-refractivity contribution < 1.29 is 31.9 Å². The van der Waals surface area contributed by atoms with Gasteiger partial charge in [-0.15, -0.1) is 0 Å². The summed E-state index contributed by atoms with van der Waals surface area (Å²) < 4.78 is 45.2. The predicted molar refractivity (Wildman–Crippen MR) is 171 cm³/mol. The average molecular weight is 647 g/mol. The lowest BCUT2D eigenvalue weighted by Gasteiger charge is -2.21. The first-order valence-electron chi connectivity index (χ1n) is 14.1. The van der Waals surface area contributed by atoms with Gasteiger partial charge in [0.25, 0.3) is 5.91 Å². The molecule has 3 aromatic carbocycles. The smallest absolute Gasteiger partial charge is 0.340 e. The van der Waals surface area contributed by atoms with E-state index < -0.39 is 21.9 Å². The van der Waals surface area contributed by atoms with Crippen molar-refractivity contribution in [1.82, 2.24) is 4.31 Å². The second kappa shape index (κ2) is 13.6. The van der Waals surface area contributed by atoms with Crippen LogP contribution in [0.15, 0.2) is 117 Å². The standard InChI is InChI=1S/C34H31ClN2O7S/c1-4-43-27-16-14-26(15-17-27)37-23(2)32(34(39)42-3)31(33(37)38)20-28-18-19-29(44-28)22-36(21-24-10-12-25(35)13-11-24)45(40,41)30-8-6-5-7-9-30/h5-20H,4,21-22H2,1-3H3/b31-20-. The average Bonchev–Trinajstić information content (AvgIpc) is 3.59. The van der Waals surface area contributed by atoms with Crippen LogP contribution >= 0.6 is 11.6 Å². The fourth-order valence-electron chi connectivity index (χ4n) is 4.98. The molecule has 11 heteroatoms. The van der Waals surface area contributed by atoms with Crippen molar-refractivity contribution in [3.8, 4) is 5.75 Å². The number of nitrogens with zero attached hydrogens (tertiary/aromatic N) is 2. The molecular formula is C34H31ClN2O7S. The zero-order valence-electron chi connectivity index (χ0n) is 24.9. The minimum absolute atomic E-state index is 0.0650. The molecule has 232 valence electrons. The monoisotopic (exact) mass is 646 g/mol. The quantitative estimate of drug-likeness (QED) is 0.134. The van der Waals surface area contributed by atoms with Crippen LogP contribution in [0.25, 0.3) is 6.08 Å². The van der Waals surface area contributed by atoms with Crippen molar-refractivity contribution in [3.05, 3.63) is 130 Å². The molecule has 0 saturated heterocycles. The van der Waals surface area contributed by atoms with Crippen LogP contribution in [0.5, 0.6) is 5.75 Å². The summed E-state index contributed by atoms with van der Waals surface area (Å²) in [5.74, 6) is 0.145. The van der Waals surface area contributed by atoms with Crippen molar-refractivity contribution in [2.45, 2.75) is 31.8 Å². The highest BCUT2D eigenvalue weighted by atomic mass is 35.5. The number of anilines is 1. The van der Waals surface area contributed by atoms with Crippen molar-refractivity contribution >= 4 is 45.3 Å². The van der Waals surface area contributed by atoms with E-state index in [2.05, 4.69) is 0 Å². The third kappa shape index (κ3) is 6.88. The summed E-state index contributed by atoms with van der Waals surface area (Å²) in [6, 6.07) is 25.3. The molecule has 1 aliphatic heterocycles. The molecule has 2 heterocycles. The number of amides is 1. The van der Waals surface area contributed by atoms with Crippen molar-refractivity contribution in [1.29, 1.82) is 0 Å². The van der Waals surface area contributed by atoms with E-state index in [4.69, 9.17) is 25.5 Å². The minimum Gasteiger partial charge on any atom is -0.494 e. The molecule has 0 radical (unpaired) electrons. The molecule has 1 amide bonds. The summed E-state index contributed by atoms with van der Waals surface area (Å²) in [6.07, 6.45) is 1.46. The van der Waals surface area contributed by atoms with E-state index in [1.165, 1.54) is 34.5 Å². The lowest BCUT2D eigenvalue weighted by Crippen LogP contribution is -2.30. The van der Waals surface area contributed by atoms with Crippen LogP contribution in [-0.4, -0.2) is 38.3 Å². The number of carbonyl (C=O) groups is 2. The molecule has 0 bridgehead atoms. The molecule has 1 aromatic heterocycles. The highest BCUT2D eigenvalue weighted by Gasteiger charge is 2.38. The van der Waals surface area contributed by atoms with Gasteiger partial charge in [0.15, 0.2) is 0 Å². The Balaban J connectivity index is 1.46. The zero-order chi connectivity index (χ0) is 32.1. The van der Waals surface area contributed by atoms with Gasteiger partial charge in [-0.25, -0.2) is 13.2 Å². The van der Waals surface area contributed by atoms with Gasteiger partial charge in [-0.1, -0.05) is 41.9 Å². The van der Waals surface area contributed by atoms with Gasteiger partial charge in [-0.3, -0.25) is 9.69 Å². The summed E-state index contributed by atoms with van der Waals surface area (Å²) in [7, 11) is -2.67. The number of carbonyl (C=O) groups excluding carboxylic acids is 2. The third-order valence-corrected chi connectivity index (χ3v) is 9.21.